The van der Waals surface area contributed by atoms with Crippen molar-refractivity contribution in [3.63, 3.8) is 0 Å². The highest BCUT2D eigenvalue weighted by molar-refractivity contribution is 7.80. The SMILES string of the molecule is CC(C)c1cccc(C(C)C)c1NC(=S)N1CCOC(C(N)=O)C1. The largest absolute Gasteiger partial charge is 0.367 e. The van der Waals surface area contributed by atoms with Crippen LogP contribution in [0.1, 0.15) is 50.7 Å². The van der Waals surface area contributed by atoms with Crippen LogP contribution < -0.4 is 11.1 Å². The number of nitrogens with one attached hydrogen (secondary N) is 1. The lowest BCUT2D eigenvalue weighted by Gasteiger charge is -2.34. The molecule has 1 aliphatic rings. The number of para-hydroxylation sites is 1. The molecule has 3 N–H and O–H groups in total. The third-order valence-corrected chi connectivity index (χ3v) is 4.64. The lowest BCUT2D eigenvalue weighted by molar-refractivity contribution is -0.133. The molecule has 24 heavy (non-hydrogen) atoms. The second kappa shape index (κ2) is 7.94. The first kappa shape index (κ1) is 18.7. The Labute approximate surface area is 149 Å². The zero-order chi connectivity index (χ0) is 17.9. The number of nitrogens with two attached hydrogens (primary N) is 1. The number of nitrogens with zero attached hydrogens (tertiary/aromatic N) is 1. The van der Waals surface area contributed by atoms with Gasteiger partial charge in [0.15, 0.2) is 11.2 Å². The molecule has 1 aliphatic heterocycles. The number of rotatable bonds is 4. The van der Waals surface area contributed by atoms with Gasteiger partial charge in [-0.05, 0) is 35.2 Å². The standard InChI is InChI=1S/C18H27N3O2S/c1-11(2)13-6-5-7-14(12(3)4)16(13)20-18(24)21-8-9-23-15(10-21)17(19)22/h5-7,11-12,15H,8-10H2,1-4H3,(H2,19,22)(H,20,24). The van der Waals surface area contributed by atoms with Crippen molar-refractivity contribution < 1.29 is 9.53 Å². The molecule has 1 unspecified atom stereocenters. The van der Waals surface area contributed by atoms with Gasteiger partial charge in [0.2, 0.25) is 5.91 Å². The number of morpholine rings is 1. The van der Waals surface area contributed by atoms with Gasteiger partial charge < -0.3 is 20.7 Å². The van der Waals surface area contributed by atoms with Gasteiger partial charge in [-0.3, -0.25) is 4.79 Å². The lowest BCUT2D eigenvalue weighted by Crippen LogP contribution is -2.51. The maximum Gasteiger partial charge on any atom is 0.248 e. The summed E-state index contributed by atoms with van der Waals surface area (Å²) in [5.41, 5.74) is 8.91. The summed E-state index contributed by atoms with van der Waals surface area (Å²) in [6.07, 6.45) is -0.608. The van der Waals surface area contributed by atoms with Crippen LogP contribution in [0.3, 0.4) is 0 Å². The highest BCUT2D eigenvalue weighted by atomic mass is 32.1. The molecule has 6 heteroatoms. The van der Waals surface area contributed by atoms with Crippen LogP contribution >= 0.6 is 12.2 Å². The Morgan fingerprint density at radius 3 is 2.38 bits per heavy atom. The molecule has 0 aromatic heterocycles. The average Bonchev–Trinajstić information content (AvgIpc) is 2.54. The molecule has 5 nitrogen and oxygen atoms in total. The summed E-state index contributed by atoms with van der Waals surface area (Å²) in [6.45, 7) is 10.2. The molecule has 1 amide bonds. The zero-order valence-electron chi connectivity index (χ0n) is 14.8. The molecule has 0 saturated carbocycles. The van der Waals surface area contributed by atoms with Crippen LogP contribution in [0, 0.1) is 0 Å². The molecule has 0 aliphatic carbocycles. The smallest absolute Gasteiger partial charge is 0.248 e. The van der Waals surface area contributed by atoms with E-state index in [1.165, 1.54) is 11.1 Å². The second-order valence-electron chi connectivity index (χ2n) is 6.76. The second-order valence-corrected chi connectivity index (χ2v) is 7.15. The van der Waals surface area contributed by atoms with Crippen LogP contribution in [0.5, 0.6) is 0 Å². The molecule has 0 spiro atoms. The number of benzene rings is 1. The van der Waals surface area contributed by atoms with E-state index in [1.54, 1.807) is 0 Å². The lowest BCUT2D eigenvalue weighted by atomic mass is 9.93. The highest BCUT2D eigenvalue weighted by Gasteiger charge is 2.27. The first-order valence-electron chi connectivity index (χ1n) is 8.41. The molecule has 1 heterocycles. The van der Waals surface area contributed by atoms with E-state index in [0.29, 0.717) is 36.6 Å². The fourth-order valence-electron chi connectivity index (χ4n) is 2.89. The number of hydrogen-bond acceptors (Lipinski definition) is 3. The molecule has 1 aromatic rings. The van der Waals surface area contributed by atoms with E-state index in [4.69, 9.17) is 22.7 Å². The van der Waals surface area contributed by atoms with Crippen molar-refractivity contribution >= 4 is 28.9 Å². The van der Waals surface area contributed by atoms with Crippen molar-refractivity contribution in [1.29, 1.82) is 0 Å². The summed E-state index contributed by atoms with van der Waals surface area (Å²) in [5, 5.41) is 4.03. The normalized spacial score (nSPS) is 18.1. The number of hydrogen-bond donors (Lipinski definition) is 2. The average molecular weight is 350 g/mol. The van der Waals surface area contributed by atoms with E-state index in [1.807, 2.05) is 4.90 Å². The Kier molecular flexibility index (Phi) is 6.18. The number of thiocarbonyl (C=S) groups is 1. The van der Waals surface area contributed by atoms with Gasteiger partial charge in [0.1, 0.15) is 0 Å². The van der Waals surface area contributed by atoms with Crippen LogP contribution in [-0.2, 0) is 9.53 Å². The summed E-state index contributed by atoms with van der Waals surface area (Å²) < 4.78 is 5.39. The number of primary amides is 1. The first-order valence-corrected chi connectivity index (χ1v) is 8.81. The van der Waals surface area contributed by atoms with Crippen molar-refractivity contribution in [3.8, 4) is 0 Å². The number of amides is 1. The summed E-state index contributed by atoms with van der Waals surface area (Å²) in [7, 11) is 0. The first-order chi connectivity index (χ1) is 11.3. The van der Waals surface area contributed by atoms with Gasteiger partial charge in [-0.15, -0.1) is 0 Å². The Balaban J connectivity index is 2.23. The van der Waals surface area contributed by atoms with Crippen LogP contribution in [-0.4, -0.2) is 41.7 Å². The Hall–Kier alpha value is -1.66. The van der Waals surface area contributed by atoms with E-state index in [9.17, 15) is 4.79 Å². The zero-order valence-corrected chi connectivity index (χ0v) is 15.7. The van der Waals surface area contributed by atoms with Crippen molar-refractivity contribution in [3.05, 3.63) is 29.3 Å². The van der Waals surface area contributed by atoms with Crippen LogP contribution in [0.2, 0.25) is 0 Å². The molecule has 1 saturated heterocycles. The summed E-state index contributed by atoms with van der Waals surface area (Å²) in [4.78, 5) is 13.3. The molecule has 132 valence electrons. The van der Waals surface area contributed by atoms with Crippen LogP contribution in [0.25, 0.3) is 0 Å². The molecule has 2 rings (SSSR count). The monoisotopic (exact) mass is 349 g/mol. The van der Waals surface area contributed by atoms with Crippen molar-refractivity contribution in [1.82, 2.24) is 4.90 Å². The molecule has 1 atom stereocenters. The predicted octanol–water partition coefficient (Wildman–Crippen LogP) is 2.82. The molecular weight excluding hydrogens is 322 g/mol. The number of ether oxygens (including phenoxy) is 1. The van der Waals surface area contributed by atoms with Crippen molar-refractivity contribution in [2.45, 2.75) is 45.6 Å². The van der Waals surface area contributed by atoms with Gasteiger partial charge in [0.05, 0.1) is 13.2 Å². The topological polar surface area (TPSA) is 67.6 Å². The maximum absolute atomic E-state index is 11.4. The predicted molar refractivity (Wildman–Crippen MR) is 101 cm³/mol. The number of carbonyl (C=O) groups excluding carboxylic acids is 1. The van der Waals surface area contributed by atoms with Gasteiger partial charge in [-0.25, -0.2) is 0 Å². The van der Waals surface area contributed by atoms with Crippen molar-refractivity contribution in [2.75, 3.05) is 25.0 Å². The molecule has 0 bridgehead atoms. The summed E-state index contributed by atoms with van der Waals surface area (Å²) in [5.74, 6) is 0.321. The minimum absolute atomic E-state index is 0.386. The van der Waals surface area contributed by atoms with Gasteiger partial charge in [0.25, 0.3) is 0 Å². The Morgan fingerprint density at radius 2 is 1.88 bits per heavy atom. The molecule has 1 aromatic carbocycles. The summed E-state index contributed by atoms with van der Waals surface area (Å²) >= 11 is 5.59. The number of anilines is 1. The molecular formula is C18H27N3O2S. The minimum atomic E-state index is -0.608. The fourth-order valence-corrected chi connectivity index (χ4v) is 3.16. The van der Waals surface area contributed by atoms with Crippen LogP contribution in [0.15, 0.2) is 18.2 Å². The minimum Gasteiger partial charge on any atom is -0.367 e. The van der Waals surface area contributed by atoms with Gasteiger partial charge >= 0.3 is 0 Å². The van der Waals surface area contributed by atoms with E-state index < -0.39 is 12.0 Å². The van der Waals surface area contributed by atoms with Crippen LogP contribution in [0.4, 0.5) is 5.69 Å². The quantitative estimate of drug-likeness (QED) is 0.818. The van der Waals surface area contributed by atoms with Gasteiger partial charge in [-0.1, -0.05) is 45.9 Å². The number of carbonyl (C=O) groups is 1. The Morgan fingerprint density at radius 1 is 1.29 bits per heavy atom. The van der Waals surface area contributed by atoms with Gasteiger partial charge in [-0.2, -0.15) is 0 Å². The fraction of sp³-hybridized carbons (Fsp3) is 0.556. The summed E-state index contributed by atoms with van der Waals surface area (Å²) in [6, 6.07) is 6.36. The third kappa shape index (κ3) is 4.24. The third-order valence-electron chi connectivity index (χ3n) is 4.28. The molecule has 0 radical (unpaired) electrons. The van der Waals surface area contributed by atoms with E-state index >= 15 is 0 Å². The highest BCUT2D eigenvalue weighted by Crippen LogP contribution is 2.32. The van der Waals surface area contributed by atoms with E-state index in [0.717, 1.165) is 5.69 Å². The van der Waals surface area contributed by atoms with Crippen molar-refractivity contribution in [2.24, 2.45) is 5.73 Å². The van der Waals surface area contributed by atoms with E-state index in [-0.39, 0.29) is 0 Å². The van der Waals surface area contributed by atoms with Gasteiger partial charge in [0, 0.05) is 12.2 Å². The Bertz CT molecular complexity index is 590. The van der Waals surface area contributed by atoms with E-state index in [2.05, 4.69) is 51.2 Å². The molecule has 1 fully saturated rings. The maximum atomic E-state index is 11.4.